The zero-order chi connectivity index (χ0) is 17.9. The van der Waals surface area contributed by atoms with Crippen molar-refractivity contribution in [2.24, 2.45) is 7.05 Å². The van der Waals surface area contributed by atoms with Crippen molar-refractivity contribution in [3.05, 3.63) is 60.7 Å². The van der Waals surface area contributed by atoms with Crippen molar-refractivity contribution in [2.75, 3.05) is 10.0 Å². The van der Waals surface area contributed by atoms with Crippen molar-refractivity contribution in [1.29, 1.82) is 0 Å². The summed E-state index contributed by atoms with van der Waals surface area (Å²) in [4.78, 5) is 19.8. The molecule has 10 heteroatoms. The molecule has 2 aromatic heterocycles. The fraction of sp³-hybridized carbons (Fsp3) is 0.0667. The topological polar surface area (TPSA) is 119 Å². The van der Waals surface area contributed by atoms with Gasteiger partial charge in [-0.15, -0.1) is 0 Å². The van der Waals surface area contributed by atoms with E-state index in [-0.39, 0.29) is 16.8 Å². The van der Waals surface area contributed by atoms with Gasteiger partial charge in [-0.05, 0) is 36.4 Å². The van der Waals surface area contributed by atoms with Crippen LogP contribution in [-0.2, 0) is 17.1 Å². The Balaban J connectivity index is 1.73. The van der Waals surface area contributed by atoms with Crippen LogP contribution in [0.5, 0.6) is 0 Å². The highest BCUT2D eigenvalue weighted by molar-refractivity contribution is 7.92. The molecule has 2 N–H and O–H groups in total. The molecule has 0 aliphatic heterocycles. The summed E-state index contributed by atoms with van der Waals surface area (Å²) in [5.74, 6) is -0.359. The normalized spacial score (nSPS) is 11.1. The third kappa shape index (κ3) is 3.80. The van der Waals surface area contributed by atoms with E-state index < -0.39 is 10.0 Å². The summed E-state index contributed by atoms with van der Waals surface area (Å²) >= 11 is 0. The van der Waals surface area contributed by atoms with Crippen LogP contribution in [0.4, 0.5) is 11.6 Å². The van der Waals surface area contributed by atoms with Gasteiger partial charge in [-0.2, -0.15) is 5.10 Å². The maximum atomic E-state index is 12.3. The lowest BCUT2D eigenvalue weighted by Crippen LogP contribution is -2.17. The van der Waals surface area contributed by atoms with Crippen LogP contribution in [-0.4, -0.2) is 34.1 Å². The molecule has 0 spiro atoms. The van der Waals surface area contributed by atoms with E-state index in [1.807, 2.05) is 0 Å². The number of anilines is 2. The average Bonchev–Trinajstić information content (AvgIpc) is 3.02. The van der Waals surface area contributed by atoms with Crippen LogP contribution >= 0.6 is 0 Å². The molecule has 1 aromatic carbocycles. The Hall–Kier alpha value is -3.27. The van der Waals surface area contributed by atoms with E-state index in [2.05, 4.69) is 25.1 Å². The molecule has 0 aliphatic rings. The van der Waals surface area contributed by atoms with Gasteiger partial charge < -0.3 is 5.32 Å². The summed E-state index contributed by atoms with van der Waals surface area (Å²) in [7, 11) is -2.16. The van der Waals surface area contributed by atoms with E-state index in [0.717, 1.165) is 0 Å². The molecular formula is C15H14N6O3S. The van der Waals surface area contributed by atoms with Crippen molar-refractivity contribution >= 4 is 27.6 Å². The Labute approximate surface area is 143 Å². The number of rotatable bonds is 5. The lowest BCUT2D eigenvalue weighted by molar-refractivity contribution is 0.101. The average molecular weight is 358 g/mol. The molecule has 0 saturated carbocycles. The molecule has 3 aromatic rings. The maximum absolute atomic E-state index is 12.3. The Morgan fingerprint density at radius 2 is 1.72 bits per heavy atom. The predicted octanol–water partition coefficient (Wildman–Crippen LogP) is 1.26. The second-order valence-electron chi connectivity index (χ2n) is 5.00. The number of hydrogen-bond acceptors (Lipinski definition) is 6. The summed E-state index contributed by atoms with van der Waals surface area (Å²) in [6.07, 6.45) is 4.38. The number of hydrogen-bond donors (Lipinski definition) is 2. The number of aryl methyl sites for hydroxylation is 1. The lowest BCUT2D eigenvalue weighted by atomic mass is 10.3. The summed E-state index contributed by atoms with van der Waals surface area (Å²) in [6, 6.07) is 8.91. The van der Waals surface area contributed by atoms with Gasteiger partial charge in [0.05, 0.1) is 4.90 Å². The molecule has 0 bridgehead atoms. The second-order valence-corrected chi connectivity index (χ2v) is 6.68. The standard InChI is InChI=1S/C15H14N6O3S/c1-21-13(7-10-18-21)14(22)19-11-3-5-12(6-4-11)25(23,24)20-15-16-8-2-9-17-15/h2-10H,1H3,(H,19,22)(H,16,17,20). The number of amides is 1. The number of carbonyl (C=O) groups excluding carboxylic acids is 1. The molecule has 0 radical (unpaired) electrons. The smallest absolute Gasteiger partial charge is 0.273 e. The first-order chi connectivity index (χ1) is 12.0. The minimum Gasteiger partial charge on any atom is -0.321 e. The van der Waals surface area contributed by atoms with Gasteiger partial charge in [0.2, 0.25) is 5.95 Å². The monoisotopic (exact) mass is 358 g/mol. The third-order valence-electron chi connectivity index (χ3n) is 3.27. The van der Waals surface area contributed by atoms with Crippen molar-refractivity contribution in [3.63, 3.8) is 0 Å². The van der Waals surface area contributed by atoms with Crippen LogP contribution in [0, 0.1) is 0 Å². The summed E-state index contributed by atoms with van der Waals surface area (Å²) in [5.41, 5.74) is 0.848. The van der Waals surface area contributed by atoms with Gasteiger partial charge in [-0.3, -0.25) is 9.48 Å². The van der Waals surface area contributed by atoms with Gasteiger partial charge >= 0.3 is 0 Å². The lowest BCUT2D eigenvalue weighted by Gasteiger charge is -2.08. The van der Waals surface area contributed by atoms with E-state index in [1.54, 1.807) is 19.2 Å². The first kappa shape index (κ1) is 16.6. The Kier molecular flexibility index (Phi) is 4.44. The number of nitrogens with one attached hydrogen (secondary N) is 2. The zero-order valence-electron chi connectivity index (χ0n) is 13.1. The van der Waals surface area contributed by atoms with Crippen molar-refractivity contribution in [3.8, 4) is 0 Å². The second kappa shape index (κ2) is 6.69. The number of aromatic nitrogens is 4. The quantitative estimate of drug-likeness (QED) is 0.709. The van der Waals surface area contributed by atoms with E-state index in [1.165, 1.54) is 47.5 Å². The molecule has 0 saturated heterocycles. The van der Waals surface area contributed by atoms with E-state index in [0.29, 0.717) is 11.4 Å². The largest absolute Gasteiger partial charge is 0.321 e. The highest BCUT2D eigenvalue weighted by atomic mass is 32.2. The van der Waals surface area contributed by atoms with Gasteiger partial charge in [0, 0.05) is 31.3 Å². The van der Waals surface area contributed by atoms with Gasteiger partial charge in [-0.25, -0.2) is 23.1 Å². The highest BCUT2D eigenvalue weighted by Crippen LogP contribution is 2.17. The minimum atomic E-state index is -3.81. The van der Waals surface area contributed by atoms with E-state index in [4.69, 9.17) is 0 Å². The first-order valence-corrected chi connectivity index (χ1v) is 8.63. The number of benzene rings is 1. The van der Waals surface area contributed by atoms with Gasteiger partial charge in [-0.1, -0.05) is 0 Å². The minimum absolute atomic E-state index is 0.0175. The molecule has 25 heavy (non-hydrogen) atoms. The predicted molar refractivity (Wildman–Crippen MR) is 90.4 cm³/mol. The molecule has 0 atom stereocenters. The molecule has 9 nitrogen and oxygen atoms in total. The van der Waals surface area contributed by atoms with Gasteiger partial charge in [0.25, 0.3) is 15.9 Å². The fourth-order valence-corrected chi connectivity index (χ4v) is 3.00. The van der Waals surface area contributed by atoms with Crippen LogP contribution in [0.1, 0.15) is 10.5 Å². The molecular weight excluding hydrogens is 344 g/mol. The van der Waals surface area contributed by atoms with Crippen LogP contribution < -0.4 is 10.0 Å². The number of carbonyl (C=O) groups is 1. The van der Waals surface area contributed by atoms with E-state index >= 15 is 0 Å². The summed E-state index contributed by atoms with van der Waals surface area (Å²) < 4.78 is 28.3. The highest BCUT2D eigenvalue weighted by Gasteiger charge is 2.16. The van der Waals surface area contributed by atoms with Crippen LogP contribution in [0.3, 0.4) is 0 Å². The fourth-order valence-electron chi connectivity index (χ4n) is 2.04. The van der Waals surface area contributed by atoms with Crippen LogP contribution in [0.2, 0.25) is 0 Å². The Morgan fingerprint density at radius 3 is 2.32 bits per heavy atom. The van der Waals surface area contributed by atoms with E-state index in [9.17, 15) is 13.2 Å². The molecule has 2 heterocycles. The number of nitrogens with zero attached hydrogens (tertiary/aromatic N) is 4. The van der Waals surface area contributed by atoms with Crippen LogP contribution in [0.15, 0.2) is 59.9 Å². The first-order valence-electron chi connectivity index (χ1n) is 7.15. The summed E-state index contributed by atoms with van der Waals surface area (Å²) in [6.45, 7) is 0. The maximum Gasteiger partial charge on any atom is 0.273 e. The van der Waals surface area contributed by atoms with Gasteiger partial charge in [0.15, 0.2) is 0 Å². The molecule has 0 fully saturated rings. The number of sulfonamides is 1. The molecule has 0 aliphatic carbocycles. The molecule has 1 amide bonds. The molecule has 3 rings (SSSR count). The van der Waals surface area contributed by atoms with Crippen molar-refractivity contribution in [2.45, 2.75) is 4.90 Å². The zero-order valence-corrected chi connectivity index (χ0v) is 13.9. The molecule has 0 unspecified atom stereocenters. The molecule has 128 valence electrons. The SMILES string of the molecule is Cn1nccc1C(=O)Nc1ccc(S(=O)(=O)Nc2ncccn2)cc1. The van der Waals surface area contributed by atoms with Crippen LogP contribution in [0.25, 0.3) is 0 Å². The third-order valence-corrected chi connectivity index (χ3v) is 4.61. The van der Waals surface area contributed by atoms with Crippen molar-refractivity contribution < 1.29 is 13.2 Å². The Bertz CT molecular complexity index is 984. The summed E-state index contributed by atoms with van der Waals surface area (Å²) in [5, 5.41) is 6.60. The Morgan fingerprint density at radius 1 is 1.04 bits per heavy atom. The van der Waals surface area contributed by atoms with Crippen molar-refractivity contribution in [1.82, 2.24) is 19.7 Å². The van der Waals surface area contributed by atoms with Gasteiger partial charge in [0.1, 0.15) is 5.69 Å².